The van der Waals surface area contributed by atoms with Crippen molar-refractivity contribution in [3.05, 3.63) is 30.1 Å². The molecule has 1 aromatic rings. The molecule has 0 unspecified atom stereocenters. The summed E-state index contributed by atoms with van der Waals surface area (Å²) >= 11 is 1.32. The molecule has 0 saturated carbocycles. The van der Waals surface area contributed by atoms with Crippen molar-refractivity contribution in [3.8, 4) is 0 Å². The van der Waals surface area contributed by atoms with Crippen molar-refractivity contribution in [2.24, 2.45) is 0 Å². The van der Waals surface area contributed by atoms with Crippen molar-refractivity contribution in [3.63, 3.8) is 0 Å². The van der Waals surface area contributed by atoms with Crippen LogP contribution in [0.4, 0.5) is 4.39 Å². The van der Waals surface area contributed by atoms with Crippen LogP contribution in [0.2, 0.25) is 0 Å². The molecular weight excluding hydrogens is 377 g/mol. The van der Waals surface area contributed by atoms with Crippen LogP contribution in [0.5, 0.6) is 0 Å². The molecule has 1 fully saturated rings. The van der Waals surface area contributed by atoms with Crippen LogP contribution in [0, 0.1) is 5.82 Å². The summed E-state index contributed by atoms with van der Waals surface area (Å²) in [4.78, 5) is 14.5. The molecule has 146 valence electrons. The molecule has 6 nitrogen and oxygen atoms in total. The van der Waals surface area contributed by atoms with Crippen molar-refractivity contribution < 1.29 is 17.6 Å². The van der Waals surface area contributed by atoms with Gasteiger partial charge in [0.15, 0.2) is 0 Å². The molecule has 2 rings (SSSR count). The molecule has 0 bridgehead atoms. The van der Waals surface area contributed by atoms with E-state index in [0.717, 1.165) is 0 Å². The van der Waals surface area contributed by atoms with Gasteiger partial charge in [-0.25, -0.2) is 4.39 Å². The third-order valence-corrected chi connectivity index (χ3v) is 7.60. The van der Waals surface area contributed by atoms with E-state index in [9.17, 15) is 17.6 Å². The molecule has 0 spiro atoms. The van der Waals surface area contributed by atoms with E-state index in [1.165, 1.54) is 26.4 Å². The van der Waals surface area contributed by atoms with E-state index in [2.05, 4.69) is 0 Å². The zero-order valence-electron chi connectivity index (χ0n) is 15.2. The molecule has 26 heavy (non-hydrogen) atoms. The molecule has 0 atom stereocenters. The van der Waals surface area contributed by atoms with Crippen molar-refractivity contribution in [1.82, 2.24) is 13.5 Å². The minimum absolute atomic E-state index is 0.0197. The number of thioether (sulfide) groups is 1. The summed E-state index contributed by atoms with van der Waals surface area (Å²) in [5.41, 5.74) is 0. The van der Waals surface area contributed by atoms with E-state index in [4.69, 9.17) is 0 Å². The Kier molecular flexibility index (Phi) is 7.87. The van der Waals surface area contributed by atoms with E-state index in [0.29, 0.717) is 56.3 Å². The maximum atomic E-state index is 13.6. The fourth-order valence-electron chi connectivity index (χ4n) is 2.85. The maximum Gasteiger partial charge on any atom is 0.282 e. The summed E-state index contributed by atoms with van der Waals surface area (Å²) in [5.74, 6) is 0.200. The van der Waals surface area contributed by atoms with Crippen molar-refractivity contribution >= 4 is 27.9 Å². The van der Waals surface area contributed by atoms with Gasteiger partial charge < -0.3 is 4.90 Å². The predicted molar refractivity (Wildman–Crippen MR) is 102 cm³/mol. The van der Waals surface area contributed by atoms with Crippen LogP contribution in [-0.2, 0) is 15.0 Å². The van der Waals surface area contributed by atoms with Gasteiger partial charge in [-0.2, -0.15) is 17.0 Å². The van der Waals surface area contributed by atoms with Gasteiger partial charge in [0.05, 0.1) is 0 Å². The highest BCUT2D eigenvalue weighted by molar-refractivity contribution is 7.99. The predicted octanol–water partition coefficient (Wildman–Crippen LogP) is 2.04. The lowest BCUT2D eigenvalue weighted by Crippen LogP contribution is -2.54. The Hall–Kier alpha value is -1.16. The zero-order valence-corrected chi connectivity index (χ0v) is 16.9. The Morgan fingerprint density at radius 2 is 1.77 bits per heavy atom. The number of amides is 1. The fraction of sp³-hybridized carbons (Fsp3) is 0.588. The summed E-state index contributed by atoms with van der Waals surface area (Å²) in [6.45, 7) is 5.90. The summed E-state index contributed by atoms with van der Waals surface area (Å²) in [6.07, 6.45) is 0.307. The Morgan fingerprint density at radius 3 is 2.35 bits per heavy atom. The first-order chi connectivity index (χ1) is 12.4. The highest BCUT2D eigenvalue weighted by Crippen LogP contribution is 2.22. The standard InChI is InChI=1S/C17H26FN3O3S2/c1-3-20(4-2)26(23,24)21-12-10-19(11-13-21)17(22)9-14-25-16-8-6-5-7-15(16)18/h5-8H,3-4,9-14H2,1-2H3. The number of nitrogens with zero attached hydrogens (tertiary/aromatic N) is 3. The first-order valence-electron chi connectivity index (χ1n) is 8.80. The average Bonchev–Trinajstić information content (AvgIpc) is 2.64. The molecule has 9 heteroatoms. The highest BCUT2D eigenvalue weighted by Gasteiger charge is 2.31. The third kappa shape index (κ3) is 5.18. The van der Waals surface area contributed by atoms with Gasteiger partial charge in [-0.05, 0) is 12.1 Å². The van der Waals surface area contributed by atoms with Crippen molar-refractivity contribution in [2.45, 2.75) is 25.2 Å². The van der Waals surface area contributed by atoms with Crippen LogP contribution in [-0.4, -0.2) is 72.9 Å². The molecule has 1 amide bonds. The molecule has 1 aliphatic heterocycles. The van der Waals surface area contributed by atoms with Crippen LogP contribution in [0.1, 0.15) is 20.3 Å². The summed E-state index contributed by atoms with van der Waals surface area (Å²) in [7, 11) is -3.45. The monoisotopic (exact) mass is 403 g/mol. The van der Waals surface area contributed by atoms with Crippen LogP contribution < -0.4 is 0 Å². The number of piperazine rings is 1. The quantitative estimate of drug-likeness (QED) is 0.623. The minimum atomic E-state index is -3.45. The molecular formula is C17H26FN3O3S2. The maximum absolute atomic E-state index is 13.6. The van der Waals surface area contributed by atoms with E-state index < -0.39 is 10.2 Å². The molecule has 1 heterocycles. The van der Waals surface area contributed by atoms with E-state index in [1.807, 2.05) is 13.8 Å². The summed E-state index contributed by atoms with van der Waals surface area (Å²) < 4.78 is 41.4. The number of rotatable bonds is 8. The van der Waals surface area contributed by atoms with Crippen LogP contribution in [0.25, 0.3) is 0 Å². The van der Waals surface area contributed by atoms with E-state index >= 15 is 0 Å². The zero-order chi connectivity index (χ0) is 19.2. The Balaban J connectivity index is 1.80. The van der Waals surface area contributed by atoms with Crippen LogP contribution in [0.15, 0.2) is 29.2 Å². The van der Waals surface area contributed by atoms with Gasteiger partial charge in [0.2, 0.25) is 5.91 Å². The second-order valence-electron chi connectivity index (χ2n) is 5.90. The lowest BCUT2D eigenvalue weighted by molar-refractivity contribution is -0.131. The molecule has 1 aliphatic rings. The van der Waals surface area contributed by atoms with E-state index in [1.54, 1.807) is 23.1 Å². The van der Waals surface area contributed by atoms with Crippen molar-refractivity contribution in [1.29, 1.82) is 0 Å². The number of carbonyl (C=O) groups excluding carboxylic acids is 1. The smallest absolute Gasteiger partial charge is 0.282 e. The number of hydrogen-bond donors (Lipinski definition) is 0. The molecule has 0 aromatic heterocycles. The van der Waals surface area contributed by atoms with Gasteiger partial charge >= 0.3 is 0 Å². The number of carbonyl (C=O) groups is 1. The minimum Gasteiger partial charge on any atom is -0.340 e. The van der Waals surface area contributed by atoms with Crippen LogP contribution >= 0.6 is 11.8 Å². The average molecular weight is 404 g/mol. The van der Waals surface area contributed by atoms with Crippen molar-refractivity contribution in [2.75, 3.05) is 45.0 Å². The molecule has 0 radical (unpaired) electrons. The third-order valence-electron chi connectivity index (χ3n) is 4.36. The largest absolute Gasteiger partial charge is 0.340 e. The Bertz CT molecular complexity index is 703. The number of hydrogen-bond acceptors (Lipinski definition) is 4. The Labute approximate surface area is 159 Å². The lowest BCUT2D eigenvalue weighted by Gasteiger charge is -2.36. The first kappa shape index (κ1) is 21.1. The number of benzene rings is 1. The molecule has 0 N–H and O–H groups in total. The van der Waals surface area contributed by atoms with Gasteiger partial charge in [-0.1, -0.05) is 26.0 Å². The highest BCUT2D eigenvalue weighted by atomic mass is 32.2. The molecule has 1 saturated heterocycles. The first-order valence-corrected chi connectivity index (χ1v) is 11.2. The normalized spacial score (nSPS) is 16.2. The number of halogens is 1. The topological polar surface area (TPSA) is 60.9 Å². The molecule has 0 aliphatic carbocycles. The summed E-state index contributed by atoms with van der Waals surface area (Å²) in [6, 6.07) is 6.50. The fourth-order valence-corrected chi connectivity index (χ4v) is 5.33. The summed E-state index contributed by atoms with van der Waals surface area (Å²) in [5, 5.41) is 0. The second-order valence-corrected chi connectivity index (χ2v) is 8.97. The van der Waals surface area contributed by atoms with Gasteiger partial charge in [-0.3, -0.25) is 4.79 Å². The Morgan fingerprint density at radius 1 is 1.15 bits per heavy atom. The van der Waals surface area contributed by atoms with Gasteiger partial charge in [0, 0.05) is 56.3 Å². The molecule has 1 aromatic carbocycles. The SMILES string of the molecule is CCN(CC)S(=O)(=O)N1CCN(C(=O)CCSc2ccccc2F)CC1. The lowest BCUT2D eigenvalue weighted by atomic mass is 10.3. The second kappa shape index (κ2) is 9.68. The van der Waals surface area contributed by atoms with E-state index in [-0.39, 0.29) is 11.7 Å². The van der Waals surface area contributed by atoms with Gasteiger partial charge in [0.1, 0.15) is 5.82 Å². The van der Waals surface area contributed by atoms with Gasteiger partial charge in [-0.15, -0.1) is 11.8 Å². The van der Waals surface area contributed by atoms with Gasteiger partial charge in [0.25, 0.3) is 10.2 Å². The van der Waals surface area contributed by atoms with Crippen LogP contribution in [0.3, 0.4) is 0 Å².